The summed E-state index contributed by atoms with van der Waals surface area (Å²) < 4.78 is 1.92. The molecule has 2 aliphatic rings. The van der Waals surface area contributed by atoms with Crippen LogP contribution in [0.15, 0.2) is 18.5 Å². The Morgan fingerprint density at radius 2 is 2.12 bits per heavy atom. The van der Waals surface area contributed by atoms with Gasteiger partial charge < -0.3 is 5.11 Å². The first-order valence-corrected chi connectivity index (χ1v) is 9.35. The van der Waals surface area contributed by atoms with Crippen LogP contribution in [0.4, 0.5) is 0 Å². The van der Waals surface area contributed by atoms with Gasteiger partial charge in [0.25, 0.3) is 0 Å². The summed E-state index contributed by atoms with van der Waals surface area (Å²) >= 11 is 0. The Morgan fingerprint density at radius 1 is 1.32 bits per heavy atom. The summed E-state index contributed by atoms with van der Waals surface area (Å²) in [4.78, 5) is 18.6. The van der Waals surface area contributed by atoms with Crippen molar-refractivity contribution in [3.63, 3.8) is 0 Å². The first-order chi connectivity index (χ1) is 12.0. The Kier molecular flexibility index (Phi) is 4.23. The van der Waals surface area contributed by atoms with Crippen LogP contribution >= 0.6 is 0 Å². The van der Waals surface area contributed by atoms with E-state index < -0.39 is 5.97 Å². The zero-order valence-electron chi connectivity index (χ0n) is 14.9. The normalized spacial score (nSPS) is 27.1. The molecule has 4 rings (SSSR count). The maximum atomic E-state index is 11.8. The highest BCUT2D eigenvalue weighted by molar-refractivity contribution is 5.75. The summed E-state index contributed by atoms with van der Waals surface area (Å²) in [6.07, 6.45) is 9.28. The minimum Gasteiger partial charge on any atom is -0.480 e. The highest BCUT2D eigenvalue weighted by Crippen LogP contribution is 2.40. The molecule has 3 heterocycles. The molecule has 25 heavy (non-hydrogen) atoms. The standard InChI is InChI=1S/C19H26N4O2/c1-12(2)23-18-15(10-21-23)7-13(9-20-18)11-22-16-6-4-3-5-14(16)8-17(22)19(24)25/h7,9-10,12,14,16-17H,3-6,8,11H2,1-2H3,(H,24,25). The van der Waals surface area contributed by atoms with Crippen LogP contribution in [-0.2, 0) is 11.3 Å². The quantitative estimate of drug-likeness (QED) is 0.923. The molecule has 0 spiro atoms. The predicted octanol–water partition coefficient (Wildman–Crippen LogP) is 3.23. The molecule has 2 aromatic rings. The van der Waals surface area contributed by atoms with E-state index in [1.807, 2.05) is 17.1 Å². The highest BCUT2D eigenvalue weighted by Gasteiger charge is 2.44. The van der Waals surface area contributed by atoms with Crippen LogP contribution in [0.25, 0.3) is 11.0 Å². The zero-order valence-corrected chi connectivity index (χ0v) is 14.9. The second kappa shape index (κ2) is 6.41. The lowest BCUT2D eigenvalue weighted by Crippen LogP contribution is -2.41. The zero-order chi connectivity index (χ0) is 17.6. The molecule has 1 saturated heterocycles. The van der Waals surface area contributed by atoms with E-state index in [1.165, 1.54) is 19.3 Å². The number of carboxylic acids is 1. The van der Waals surface area contributed by atoms with E-state index in [9.17, 15) is 9.90 Å². The fraction of sp³-hybridized carbons (Fsp3) is 0.632. The molecular formula is C19H26N4O2. The summed E-state index contributed by atoms with van der Waals surface area (Å²) in [5.41, 5.74) is 1.97. The Morgan fingerprint density at radius 3 is 2.88 bits per heavy atom. The van der Waals surface area contributed by atoms with E-state index in [0.717, 1.165) is 29.4 Å². The van der Waals surface area contributed by atoms with Gasteiger partial charge in [0.1, 0.15) is 6.04 Å². The molecule has 0 aromatic carbocycles. The molecule has 3 unspecified atom stereocenters. The van der Waals surface area contributed by atoms with Crippen molar-refractivity contribution in [1.29, 1.82) is 0 Å². The number of rotatable bonds is 4. The third-order valence-corrected chi connectivity index (χ3v) is 5.85. The number of fused-ring (bicyclic) bond motifs is 2. The van der Waals surface area contributed by atoms with Gasteiger partial charge in [-0.05, 0) is 50.7 Å². The Balaban J connectivity index is 1.61. The lowest BCUT2D eigenvalue weighted by atomic mass is 9.84. The van der Waals surface area contributed by atoms with E-state index >= 15 is 0 Å². The molecule has 6 nitrogen and oxygen atoms in total. The summed E-state index contributed by atoms with van der Waals surface area (Å²) in [6, 6.07) is 2.43. The molecule has 1 N–H and O–H groups in total. The van der Waals surface area contributed by atoms with Gasteiger partial charge in [-0.2, -0.15) is 5.10 Å². The Labute approximate surface area is 147 Å². The van der Waals surface area contributed by atoms with Gasteiger partial charge in [0.05, 0.1) is 6.20 Å². The summed E-state index contributed by atoms with van der Waals surface area (Å²) in [5, 5.41) is 15.1. The third kappa shape index (κ3) is 2.92. The van der Waals surface area contributed by atoms with Gasteiger partial charge in [-0.25, -0.2) is 9.67 Å². The molecule has 1 aliphatic carbocycles. The van der Waals surface area contributed by atoms with Gasteiger partial charge in [-0.3, -0.25) is 9.69 Å². The van der Waals surface area contributed by atoms with Crippen molar-refractivity contribution in [2.75, 3.05) is 0 Å². The molecule has 0 amide bonds. The lowest BCUT2D eigenvalue weighted by molar-refractivity contribution is -0.142. The van der Waals surface area contributed by atoms with E-state index in [0.29, 0.717) is 18.5 Å². The monoisotopic (exact) mass is 342 g/mol. The van der Waals surface area contributed by atoms with E-state index in [2.05, 4.69) is 34.9 Å². The first kappa shape index (κ1) is 16.5. The van der Waals surface area contributed by atoms with Crippen LogP contribution in [0.2, 0.25) is 0 Å². The summed E-state index contributed by atoms with van der Waals surface area (Å²) in [7, 11) is 0. The number of pyridine rings is 1. The maximum absolute atomic E-state index is 11.8. The number of carbonyl (C=O) groups is 1. The largest absolute Gasteiger partial charge is 0.480 e. The third-order valence-electron chi connectivity index (χ3n) is 5.85. The van der Waals surface area contributed by atoms with Crippen molar-refractivity contribution >= 4 is 17.0 Å². The van der Waals surface area contributed by atoms with Crippen molar-refractivity contribution in [2.24, 2.45) is 5.92 Å². The minimum absolute atomic E-state index is 0.272. The van der Waals surface area contributed by atoms with E-state index in [1.54, 1.807) is 0 Å². The van der Waals surface area contributed by atoms with Crippen molar-refractivity contribution < 1.29 is 9.90 Å². The number of hydrogen-bond acceptors (Lipinski definition) is 4. The predicted molar refractivity (Wildman–Crippen MR) is 95.2 cm³/mol. The second-order valence-electron chi connectivity index (χ2n) is 7.81. The van der Waals surface area contributed by atoms with Gasteiger partial charge in [-0.1, -0.05) is 12.8 Å². The molecule has 1 aliphatic heterocycles. The van der Waals surface area contributed by atoms with Crippen LogP contribution in [0, 0.1) is 5.92 Å². The topological polar surface area (TPSA) is 71.2 Å². The number of likely N-dealkylation sites (tertiary alicyclic amines) is 1. The van der Waals surface area contributed by atoms with Crippen molar-refractivity contribution in [3.8, 4) is 0 Å². The average molecular weight is 342 g/mol. The van der Waals surface area contributed by atoms with Crippen molar-refractivity contribution in [1.82, 2.24) is 19.7 Å². The van der Waals surface area contributed by atoms with Gasteiger partial charge in [0.15, 0.2) is 5.65 Å². The number of nitrogens with zero attached hydrogens (tertiary/aromatic N) is 4. The van der Waals surface area contributed by atoms with Crippen LogP contribution in [0.1, 0.15) is 57.6 Å². The Hall–Kier alpha value is -1.95. The molecule has 0 bridgehead atoms. The maximum Gasteiger partial charge on any atom is 0.320 e. The number of aromatic nitrogens is 3. The summed E-state index contributed by atoms with van der Waals surface area (Å²) in [6.45, 7) is 4.84. The molecule has 0 radical (unpaired) electrons. The second-order valence-corrected chi connectivity index (χ2v) is 7.81. The van der Waals surface area contributed by atoms with Crippen molar-refractivity contribution in [2.45, 2.75) is 70.6 Å². The van der Waals surface area contributed by atoms with Gasteiger partial charge in [0.2, 0.25) is 0 Å². The fourth-order valence-corrected chi connectivity index (χ4v) is 4.68. The molecule has 2 fully saturated rings. The molecule has 2 aromatic heterocycles. The van der Waals surface area contributed by atoms with Crippen LogP contribution in [0.3, 0.4) is 0 Å². The van der Waals surface area contributed by atoms with E-state index in [-0.39, 0.29) is 12.1 Å². The molecular weight excluding hydrogens is 316 g/mol. The van der Waals surface area contributed by atoms with Gasteiger partial charge >= 0.3 is 5.97 Å². The van der Waals surface area contributed by atoms with Gasteiger partial charge in [0, 0.05) is 30.2 Å². The first-order valence-electron chi connectivity index (χ1n) is 9.35. The highest BCUT2D eigenvalue weighted by atomic mass is 16.4. The SMILES string of the molecule is CC(C)n1ncc2cc(CN3C(C(=O)O)CC4CCCCC43)cnc21. The fourth-order valence-electron chi connectivity index (χ4n) is 4.68. The van der Waals surface area contributed by atoms with Crippen LogP contribution in [-0.4, -0.2) is 42.8 Å². The number of aliphatic carboxylic acids is 1. The average Bonchev–Trinajstić information content (AvgIpc) is 3.16. The van der Waals surface area contributed by atoms with E-state index in [4.69, 9.17) is 0 Å². The number of hydrogen-bond donors (Lipinski definition) is 1. The van der Waals surface area contributed by atoms with Crippen LogP contribution in [0.5, 0.6) is 0 Å². The molecule has 134 valence electrons. The van der Waals surface area contributed by atoms with Gasteiger partial charge in [-0.15, -0.1) is 0 Å². The molecule has 6 heteroatoms. The number of carboxylic acid groups (broad SMARTS) is 1. The Bertz CT molecular complexity index is 785. The lowest BCUT2D eigenvalue weighted by Gasteiger charge is -2.32. The van der Waals surface area contributed by atoms with Crippen LogP contribution < -0.4 is 0 Å². The summed E-state index contributed by atoms with van der Waals surface area (Å²) in [5.74, 6) is -0.147. The minimum atomic E-state index is -0.684. The van der Waals surface area contributed by atoms with Crippen molar-refractivity contribution in [3.05, 3.63) is 24.0 Å². The molecule has 1 saturated carbocycles. The smallest absolute Gasteiger partial charge is 0.320 e. The molecule has 3 atom stereocenters.